The molecule has 0 bridgehead atoms. The van der Waals surface area contributed by atoms with Crippen molar-refractivity contribution in [1.82, 2.24) is 0 Å². The van der Waals surface area contributed by atoms with Gasteiger partial charge in [-0.25, -0.2) is 0 Å². The van der Waals surface area contributed by atoms with E-state index in [1.54, 1.807) is 0 Å². The lowest BCUT2D eigenvalue weighted by molar-refractivity contribution is -0.134. The summed E-state index contributed by atoms with van der Waals surface area (Å²) < 4.78 is 0. The molecule has 0 aromatic heterocycles. The van der Waals surface area contributed by atoms with E-state index in [1.165, 1.54) is 0 Å². The second-order valence-corrected chi connectivity index (χ2v) is 8.34. The van der Waals surface area contributed by atoms with Crippen LogP contribution in [0.3, 0.4) is 0 Å². The Hall–Kier alpha value is -2.13. The molecule has 0 fully saturated rings. The van der Waals surface area contributed by atoms with Crippen LogP contribution >= 0.6 is 0 Å². The van der Waals surface area contributed by atoms with Crippen molar-refractivity contribution < 1.29 is 9.90 Å². The molecule has 0 spiro atoms. The average molecular weight is 268 g/mol. The highest BCUT2D eigenvalue weighted by molar-refractivity contribution is 7.07. The number of hydrogen-bond donors (Lipinski definition) is 1. The van der Waals surface area contributed by atoms with Crippen LogP contribution in [0.4, 0.5) is 0 Å². The van der Waals surface area contributed by atoms with E-state index >= 15 is 0 Å². The first-order valence-electron chi connectivity index (χ1n) is 6.15. The maximum absolute atomic E-state index is 11.3. The number of rotatable bonds is 5. The van der Waals surface area contributed by atoms with E-state index in [9.17, 15) is 9.90 Å². The predicted molar refractivity (Wildman–Crippen MR) is 80.5 cm³/mol. The molecule has 0 atom stereocenters. The zero-order valence-electron chi connectivity index (χ0n) is 10.6. The SMILES string of the molecule is C=C[Si](CC(=O)O)(c1ccccc1)c1ccccc1. The molecule has 0 aliphatic carbocycles. The fraction of sp³-hybridized carbons (Fsp3) is 0.0625. The Labute approximate surface area is 114 Å². The van der Waals surface area contributed by atoms with Crippen LogP contribution in [-0.2, 0) is 4.79 Å². The maximum Gasteiger partial charge on any atom is 0.301 e. The van der Waals surface area contributed by atoms with Crippen LogP contribution in [0.1, 0.15) is 0 Å². The summed E-state index contributed by atoms with van der Waals surface area (Å²) in [6.07, 6.45) is 0. The number of aliphatic carboxylic acids is 1. The summed E-state index contributed by atoms with van der Waals surface area (Å²) in [5.74, 6) is -0.778. The predicted octanol–water partition coefficient (Wildman–Crippen LogP) is 2.06. The Bertz CT molecular complexity index is 524. The van der Waals surface area contributed by atoms with Crippen LogP contribution in [-0.4, -0.2) is 19.1 Å². The third kappa shape index (κ3) is 2.66. The summed E-state index contributed by atoms with van der Waals surface area (Å²) >= 11 is 0. The van der Waals surface area contributed by atoms with Gasteiger partial charge in [0.2, 0.25) is 0 Å². The molecule has 2 aromatic carbocycles. The van der Waals surface area contributed by atoms with Crippen molar-refractivity contribution in [3.8, 4) is 0 Å². The Balaban J connectivity index is 2.61. The van der Waals surface area contributed by atoms with Crippen molar-refractivity contribution >= 4 is 24.4 Å². The first-order valence-corrected chi connectivity index (χ1v) is 8.44. The van der Waals surface area contributed by atoms with Gasteiger partial charge in [-0.2, -0.15) is 0 Å². The van der Waals surface area contributed by atoms with Gasteiger partial charge in [0.25, 0.3) is 0 Å². The van der Waals surface area contributed by atoms with Crippen LogP contribution in [0, 0.1) is 0 Å². The topological polar surface area (TPSA) is 37.3 Å². The van der Waals surface area contributed by atoms with Gasteiger partial charge in [0.05, 0.1) is 6.04 Å². The van der Waals surface area contributed by atoms with Crippen molar-refractivity contribution in [2.75, 3.05) is 0 Å². The van der Waals surface area contributed by atoms with Gasteiger partial charge in [-0.15, -0.1) is 6.58 Å². The Morgan fingerprint density at radius 1 is 1.00 bits per heavy atom. The minimum absolute atomic E-state index is 0.129. The summed E-state index contributed by atoms with van der Waals surface area (Å²) in [5.41, 5.74) is 1.87. The summed E-state index contributed by atoms with van der Waals surface area (Å²) in [5, 5.41) is 11.5. The lowest BCUT2D eigenvalue weighted by Crippen LogP contribution is -2.58. The molecule has 0 radical (unpaired) electrons. The standard InChI is InChI=1S/C16H16O2Si/c1-2-19(13-16(17)18,14-9-5-3-6-10-14)15-11-7-4-8-12-15/h2-12H,1,13H2,(H,17,18). The molecule has 0 heterocycles. The van der Waals surface area contributed by atoms with Crippen LogP contribution < -0.4 is 10.4 Å². The van der Waals surface area contributed by atoms with Crippen molar-refractivity contribution in [1.29, 1.82) is 0 Å². The summed E-state index contributed by atoms with van der Waals surface area (Å²) in [4.78, 5) is 11.3. The van der Waals surface area contributed by atoms with Crippen molar-refractivity contribution in [2.45, 2.75) is 6.04 Å². The van der Waals surface area contributed by atoms with Crippen molar-refractivity contribution in [2.24, 2.45) is 0 Å². The highest BCUT2D eigenvalue weighted by atomic mass is 28.3. The van der Waals surface area contributed by atoms with Crippen LogP contribution in [0.25, 0.3) is 0 Å². The zero-order valence-corrected chi connectivity index (χ0v) is 11.6. The molecule has 0 saturated carbocycles. The van der Waals surface area contributed by atoms with Crippen molar-refractivity contribution in [3.05, 3.63) is 72.9 Å². The fourth-order valence-corrected chi connectivity index (χ4v) is 5.80. The van der Waals surface area contributed by atoms with Crippen LogP contribution in [0.2, 0.25) is 6.04 Å². The summed E-state index contributed by atoms with van der Waals surface area (Å²) in [6.45, 7) is 3.94. The second kappa shape index (κ2) is 5.67. The third-order valence-corrected chi connectivity index (χ3v) is 7.64. The van der Waals surface area contributed by atoms with Gasteiger partial charge < -0.3 is 5.11 Å². The minimum Gasteiger partial charge on any atom is -0.481 e. The van der Waals surface area contributed by atoms with Gasteiger partial charge in [0.1, 0.15) is 0 Å². The van der Waals surface area contributed by atoms with E-state index < -0.39 is 14.0 Å². The molecule has 2 rings (SSSR count). The monoisotopic (exact) mass is 268 g/mol. The Morgan fingerprint density at radius 3 is 1.74 bits per heavy atom. The first kappa shape index (κ1) is 13.3. The number of benzene rings is 2. The van der Waals surface area contributed by atoms with E-state index in [-0.39, 0.29) is 6.04 Å². The van der Waals surface area contributed by atoms with Crippen molar-refractivity contribution in [3.63, 3.8) is 0 Å². The lowest BCUT2D eigenvalue weighted by Gasteiger charge is -2.27. The number of carboxylic acids is 1. The highest BCUT2D eigenvalue weighted by Crippen LogP contribution is 2.12. The molecule has 2 nitrogen and oxygen atoms in total. The molecule has 19 heavy (non-hydrogen) atoms. The lowest BCUT2D eigenvalue weighted by atomic mass is 10.4. The van der Waals surface area contributed by atoms with Gasteiger partial charge in [-0.3, -0.25) is 4.79 Å². The zero-order chi connectivity index (χ0) is 13.7. The molecule has 0 unspecified atom stereocenters. The normalized spacial score (nSPS) is 10.9. The molecule has 0 amide bonds. The first-order chi connectivity index (χ1) is 9.19. The van der Waals surface area contributed by atoms with E-state index in [0.717, 1.165) is 10.4 Å². The van der Waals surface area contributed by atoms with Gasteiger partial charge >= 0.3 is 5.97 Å². The minimum atomic E-state index is -2.42. The molecule has 2 aromatic rings. The van der Waals surface area contributed by atoms with Gasteiger partial charge in [0, 0.05) is 0 Å². The largest absolute Gasteiger partial charge is 0.481 e. The average Bonchev–Trinajstić information content (AvgIpc) is 2.46. The molecule has 0 saturated heterocycles. The van der Waals surface area contributed by atoms with Gasteiger partial charge in [0.15, 0.2) is 8.07 Å². The highest BCUT2D eigenvalue weighted by Gasteiger charge is 2.36. The van der Waals surface area contributed by atoms with E-state index in [2.05, 4.69) is 6.58 Å². The van der Waals surface area contributed by atoms with E-state index in [4.69, 9.17) is 0 Å². The smallest absolute Gasteiger partial charge is 0.301 e. The summed E-state index contributed by atoms with van der Waals surface area (Å²) in [6, 6.07) is 19.8. The third-order valence-electron chi connectivity index (χ3n) is 3.36. The van der Waals surface area contributed by atoms with Gasteiger partial charge in [-0.1, -0.05) is 66.4 Å². The van der Waals surface area contributed by atoms with Gasteiger partial charge in [-0.05, 0) is 10.4 Å². The number of carboxylic acid groups (broad SMARTS) is 1. The van der Waals surface area contributed by atoms with Crippen LogP contribution in [0.5, 0.6) is 0 Å². The molecule has 0 aliphatic heterocycles. The molecular formula is C16H16O2Si. The molecule has 3 heteroatoms. The quantitative estimate of drug-likeness (QED) is 0.843. The number of carbonyl (C=O) groups is 1. The molecule has 1 N–H and O–H groups in total. The van der Waals surface area contributed by atoms with E-state index in [0.29, 0.717) is 0 Å². The molecular weight excluding hydrogens is 252 g/mol. The molecule has 96 valence electrons. The summed E-state index contributed by atoms with van der Waals surface area (Å²) in [7, 11) is -2.42. The Morgan fingerprint density at radius 2 is 1.42 bits per heavy atom. The second-order valence-electron chi connectivity index (χ2n) is 4.48. The van der Waals surface area contributed by atoms with Crippen LogP contribution in [0.15, 0.2) is 72.9 Å². The Kier molecular flexibility index (Phi) is 3.97. The van der Waals surface area contributed by atoms with E-state index in [1.807, 2.05) is 66.4 Å². The maximum atomic E-state index is 11.3. The fourth-order valence-electron chi connectivity index (χ4n) is 2.39. The molecule has 0 aliphatic rings. The number of hydrogen-bond acceptors (Lipinski definition) is 1.